The molecule has 0 spiro atoms. The second kappa shape index (κ2) is 5.83. The average molecular weight is 257 g/mol. The summed E-state index contributed by atoms with van der Waals surface area (Å²) in [6, 6.07) is 2.94. The fourth-order valence-electron chi connectivity index (χ4n) is 2.25. The molecule has 17 heavy (non-hydrogen) atoms. The number of rotatable bonds is 3. The Hall–Kier alpha value is -0.610. The third-order valence-electron chi connectivity index (χ3n) is 3.20. The van der Waals surface area contributed by atoms with Gasteiger partial charge in [-0.05, 0) is 49.8 Å². The van der Waals surface area contributed by atoms with E-state index < -0.39 is 0 Å². The molecule has 0 radical (unpaired) electrons. The zero-order valence-corrected chi connectivity index (χ0v) is 10.7. The van der Waals surface area contributed by atoms with E-state index >= 15 is 0 Å². The van der Waals surface area contributed by atoms with Gasteiger partial charge in [0.2, 0.25) is 0 Å². The molecule has 0 aliphatic carbocycles. The number of hydrogen-bond donors (Lipinski definition) is 1. The molecule has 1 atom stereocenters. The van der Waals surface area contributed by atoms with Crippen molar-refractivity contribution in [3.8, 4) is 0 Å². The molecule has 0 saturated carbocycles. The zero-order chi connectivity index (χ0) is 12.3. The first-order chi connectivity index (χ1) is 8.20. The molecule has 1 saturated heterocycles. The van der Waals surface area contributed by atoms with Crippen molar-refractivity contribution >= 4 is 11.8 Å². The molecule has 94 valence electrons. The van der Waals surface area contributed by atoms with Crippen LogP contribution in [0, 0.1) is 11.6 Å². The zero-order valence-electron chi connectivity index (χ0n) is 9.93. The molecule has 1 aromatic rings. The number of thioether (sulfide) groups is 1. The Morgan fingerprint density at radius 3 is 2.76 bits per heavy atom. The summed E-state index contributed by atoms with van der Waals surface area (Å²) >= 11 is 1.23. The van der Waals surface area contributed by atoms with Crippen LogP contribution in [0.25, 0.3) is 0 Å². The molecule has 1 aromatic carbocycles. The normalized spacial score (nSPS) is 20.5. The summed E-state index contributed by atoms with van der Waals surface area (Å²) in [6.45, 7) is 0.984. The Bertz CT molecular complexity index is 389. The summed E-state index contributed by atoms with van der Waals surface area (Å²) in [6.07, 6.45) is 5.73. The van der Waals surface area contributed by atoms with Gasteiger partial charge in [0.25, 0.3) is 0 Å². The number of piperidine rings is 1. The van der Waals surface area contributed by atoms with Crippen molar-refractivity contribution in [3.05, 3.63) is 29.3 Å². The molecular weight excluding hydrogens is 240 g/mol. The molecule has 1 N–H and O–H groups in total. The van der Waals surface area contributed by atoms with Crippen molar-refractivity contribution in [2.75, 3.05) is 12.8 Å². The third-order valence-corrected chi connectivity index (χ3v) is 3.95. The highest BCUT2D eigenvalue weighted by atomic mass is 32.2. The maximum Gasteiger partial charge on any atom is 0.137 e. The Kier molecular flexibility index (Phi) is 4.40. The smallest absolute Gasteiger partial charge is 0.137 e. The molecule has 1 unspecified atom stereocenters. The Morgan fingerprint density at radius 1 is 1.29 bits per heavy atom. The second-order valence-corrected chi connectivity index (χ2v) is 5.28. The molecule has 2 rings (SSSR count). The summed E-state index contributed by atoms with van der Waals surface area (Å²) in [4.78, 5) is 0.378. The van der Waals surface area contributed by atoms with E-state index in [4.69, 9.17) is 0 Å². The van der Waals surface area contributed by atoms with Gasteiger partial charge in [-0.15, -0.1) is 11.8 Å². The number of halogens is 2. The van der Waals surface area contributed by atoms with Crippen LogP contribution in [0.15, 0.2) is 17.0 Å². The van der Waals surface area contributed by atoms with E-state index in [1.807, 2.05) is 0 Å². The van der Waals surface area contributed by atoms with Gasteiger partial charge in [-0.2, -0.15) is 0 Å². The van der Waals surface area contributed by atoms with Crippen molar-refractivity contribution in [1.82, 2.24) is 5.32 Å². The van der Waals surface area contributed by atoms with E-state index in [-0.39, 0.29) is 17.7 Å². The van der Waals surface area contributed by atoms with E-state index in [9.17, 15) is 8.78 Å². The van der Waals surface area contributed by atoms with Crippen molar-refractivity contribution in [3.63, 3.8) is 0 Å². The van der Waals surface area contributed by atoms with Crippen LogP contribution >= 0.6 is 11.8 Å². The molecule has 1 aliphatic heterocycles. The van der Waals surface area contributed by atoms with Crippen molar-refractivity contribution in [2.45, 2.75) is 36.6 Å². The van der Waals surface area contributed by atoms with Crippen LogP contribution in [-0.2, 0) is 6.42 Å². The van der Waals surface area contributed by atoms with Crippen molar-refractivity contribution in [2.24, 2.45) is 0 Å². The van der Waals surface area contributed by atoms with E-state index in [0.717, 1.165) is 13.0 Å². The van der Waals surface area contributed by atoms with Crippen LogP contribution in [0.3, 0.4) is 0 Å². The number of hydrogen-bond acceptors (Lipinski definition) is 2. The standard InChI is InChI=1S/C13H17F2NS/c1-17-13-8-11(14)9(7-12(13)15)6-10-4-2-3-5-16-10/h7-8,10,16H,2-6H2,1H3. The topological polar surface area (TPSA) is 12.0 Å². The quantitative estimate of drug-likeness (QED) is 0.833. The highest BCUT2D eigenvalue weighted by Crippen LogP contribution is 2.24. The van der Waals surface area contributed by atoms with Crippen LogP contribution < -0.4 is 5.32 Å². The maximum atomic E-state index is 13.8. The summed E-state index contributed by atoms with van der Waals surface area (Å²) in [5, 5.41) is 3.35. The minimum absolute atomic E-state index is 0.289. The molecule has 0 aromatic heterocycles. The molecule has 0 amide bonds. The average Bonchev–Trinajstić information content (AvgIpc) is 2.34. The van der Waals surface area contributed by atoms with Gasteiger partial charge in [0.1, 0.15) is 11.6 Å². The van der Waals surface area contributed by atoms with Crippen LogP contribution in [-0.4, -0.2) is 18.8 Å². The Labute approximate surface area is 105 Å². The van der Waals surface area contributed by atoms with Gasteiger partial charge in [-0.3, -0.25) is 0 Å². The highest BCUT2D eigenvalue weighted by Gasteiger charge is 2.16. The lowest BCUT2D eigenvalue weighted by Crippen LogP contribution is -2.35. The van der Waals surface area contributed by atoms with Crippen LogP contribution in [0.1, 0.15) is 24.8 Å². The molecule has 4 heteroatoms. The predicted octanol–water partition coefficient (Wildman–Crippen LogP) is 3.37. The van der Waals surface area contributed by atoms with Crippen LogP contribution in [0.2, 0.25) is 0 Å². The van der Waals surface area contributed by atoms with E-state index in [2.05, 4.69) is 5.32 Å². The van der Waals surface area contributed by atoms with Gasteiger partial charge in [-0.25, -0.2) is 8.78 Å². The van der Waals surface area contributed by atoms with E-state index in [0.29, 0.717) is 16.9 Å². The molecule has 1 aliphatic rings. The van der Waals surface area contributed by atoms with Crippen LogP contribution in [0.5, 0.6) is 0 Å². The lowest BCUT2D eigenvalue weighted by Gasteiger charge is -2.23. The monoisotopic (exact) mass is 257 g/mol. The number of nitrogens with one attached hydrogen (secondary N) is 1. The first-order valence-electron chi connectivity index (χ1n) is 5.96. The number of benzene rings is 1. The largest absolute Gasteiger partial charge is 0.314 e. The SMILES string of the molecule is CSc1cc(F)c(CC2CCCCN2)cc1F. The molecular formula is C13H17F2NS. The summed E-state index contributed by atoms with van der Waals surface area (Å²) in [5.74, 6) is -0.604. The minimum Gasteiger partial charge on any atom is -0.314 e. The third kappa shape index (κ3) is 3.19. The molecule has 1 heterocycles. The van der Waals surface area contributed by atoms with Crippen molar-refractivity contribution < 1.29 is 8.78 Å². The highest BCUT2D eigenvalue weighted by molar-refractivity contribution is 7.98. The Balaban J connectivity index is 2.12. The van der Waals surface area contributed by atoms with Crippen molar-refractivity contribution in [1.29, 1.82) is 0 Å². The van der Waals surface area contributed by atoms with Gasteiger partial charge in [0.05, 0.1) is 0 Å². The summed E-state index contributed by atoms with van der Waals surface area (Å²) < 4.78 is 27.3. The molecule has 1 fully saturated rings. The van der Waals surface area contributed by atoms with E-state index in [1.165, 1.54) is 36.7 Å². The fraction of sp³-hybridized carbons (Fsp3) is 0.538. The summed E-state index contributed by atoms with van der Waals surface area (Å²) in [7, 11) is 0. The minimum atomic E-state index is -0.315. The van der Waals surface area contributed by atoms with Gasteiger partial charge in [0, 0.05) is 10.9 Å². The first kappa shape index (κ1) is 12.8. The maximum absolute atomic E-state index is 13.8. The second-order valence-electron chi connectivity index (χ2n) is 4.43. The predicted molar refractivity (Wildman–Crippen MR) is 67.5 cm³/mol. The van der Waals surface area contributed by atoms with Gasteiger partial charge < -0.3 is 5.32 Å². The lowest BCUT2D eigenvalue weighted by molar-refractivity contribution is 0.394. The summed E-state index contributed by atoms with van der Waals surface area (Å²) in [5.41, 5.74) is 0.486. The van der Waals surface area contributed by atoms with Crippen LogP contribution in [0.4, 0.5) is 8.78 Å². The fourth-order valence-corrected chi connectivity index (χ4v) is 2.72. The van der Waals surface area contributed by atoms with Gasteiger partial charge in [-0.1, -0.05) is 6.42 Å². The first-order valence-corrected chi connectivity index (χ1v) is 7.18. The van der Waals surface area contributed by atoms with E-state index in [1.54, 1.807) is 6.26 Å². The molecule has 0 bridgehead atoms. The Morgan fingerprint density at radius 2 is 2.12 bits per heavy atom. The van der Waals surface area contributed by atoms with Gasteiger partial charge in [0.15, 0.2) is 0 Å². The lowest BCUT2D eigenvalue weighted by atomic mass is 9.97. The van der Waals surface area contributed by atoms with Gasteiger partial charge >= 0.3 is 0 Å². The molecule has 1 nitrogen and oxygen atoms in total.